The zero-order chi connectivity index (χ0) is 88.1. The standard InChI is InChI=1S/C102H184N4O15/c1-6-11-15-19-23-27-31-35-39-43-47-51-55-59-63-73-99(112)118-87-82-105(83-88-119-100(113)74-64-60-56-52-48-44-40-36-32-28-24-20-16-12-7-2)97(110)79-77-95(108)103-81-69-67-71-93(94(107)72-68-70-86-117-92-91-116-10-5)104-96(109)78-80-98(111)106(84-89-120-101(114)75-65-61-57-53-49-45-41-37-33-29-25-21-17-13-8-3)85-90-121-102(115)76-66-62-58-54-50-46-42-38-34-30-26-22-18-14-9-4/h35-42,93H,6-34,43-92H2,1-5H3,(H,103,108)(H,104,109)/b39-35-,40-36-,41-37-,42-38-/t93-/m0/s1. The minimum absolute atomic E-state index is 0.0219. The van der Waals surface area contributed by atoms with Gasteiger partial charge in [-0.05, 0) is 167 Å². The van der Waals surface area contributed by atoms with Crippen molar-refractivity contribution < 1.29 is 71.6 Å². The Bertz CT molecular complexity index is 2440. The Balaban J connectivity index is 5.74. The number of Topliss-reactive ketones (excluding diaryl/α,β-unsaturated/α-hetero) is 1. The first-order chi connectivity index (χ1) is 59.3. The summed E-state index contributed by atoms with van der Waals surface area (Å²) in [7, 11) is 0. The van der Waals surface area contributed by atoms with Crippen LogP contribution in [0.15, 0.2) is 48.6 Å². The third-order valence-corrected chi connectivity index (χ3v) is 22.4. The van der Waals surface area contributed by atoms with E-state index in [0.717, 1.165) is 167 Å². The largest absolute Gasteiger partial charge is 0.464 e. The van der Waals surface area contributed by atoms with E-state index in [-0.39, 0.29) is 158 Å². The molecule has 0 aromatic heterocycles. The second-order valence-electron chi connectivity index (χ2n) is 33.7. The molecule has 4 amide bonds. The molecule has 19 heteroatoms. The summed E-state index contributed by atoms with van der Waals surface area (Å²) in [6, 6.07) is -0.850. The SMILES string of the molecule is CCCCCCCC/C=C\CCCCCCCC(=O)OCCN(CCOC(=O)CCCCCCC/C=C\CCCCCCCC)C(=O)CCC(=O)NCCCC[C@H](NC(=O)CCC(=O)N(CCOC(=O)CCCCCCC/C=C\CCCCCCCC)CCOC(=O)CCCCCCC/C=C\CCCCCCCC)C(=O)CCCCOCCOCC. The molecule has 0 aromatic carbocycles. The van der Waals surface area contributed by atoms with Crippen molar-refractivity contribution in [3.8, 4) is 0 Å². The van der Waals surface area contributed by atoms with Gasteiger partial charge in [0.05, 0.1) is 45.4 Å². The minimum atomic E-state index is -0.850. The highest BCUT2D eigenvalue weighted by molar-refractivity contribution is 5.90. The Kier molecular flexibility index (Phi) is 89.1. The molecule has 0 aliphatic heterocycles. The van der Waals surface area contributed by atoms with Crippen molar-refractivity contribution in [2.24, 2.45) is 0 Å². The van der Waals surface area contributed by atoms with Gasteiger partial charge in [-0.25, -0.2) is 0 Å². The van der Waals surface area contributed by atoms with Crippen LogP contribution >= 0.6 is 0 Å². The van der Waals surface area contributed by atoms with Gasteiger partial charge in [-0.1, -0.05) is 282 Å². The number of ether oxygens (including phenoxy) is 6. The lowest BCUT2D eigenvalue weighted by molar-refractivity contribution is -0.148. The van der Waals surface area contributed by atoms with Crippen LogP contribution in [0.5, 0.6) is 0 Å². The van der Waals surface area contributed by atoms with Crippen LogP contribution in [0.4, 0.5) is 0 Å². The molecule has 0 aromatic rings. The zero-order valence-electron chi connectivity index (χ0n) is 78.6. The summed E-state index contributed by atoms with van der Waals surface area (Å²) < 4.78 is 33.5. The molecule has 0 radical (unpaired) electrons. The Morgan fingerprint density at radius 3 is 0.835 bits per heavy atom. The second-order valence-corrected chi connectivity index (χ2v) is 33.7. The number of rotatable bonds is 94. The first kappa shape index (κ1) is 115. The summed E-state index contributed by atoms with van der Waals surface area (Å²) in [5.41, 5.74) is 0. The van der Waals surface area contributed by atoms with E-state index in [1.807, 2.05) is 6.92 Å². The van der Waals surface area contributed by atoms with E-state index in [1.54, 1.807) is 0 Å². The van der Waals surface area contributed by atoms with Gasteiger partial charge < -0.3 is 48.9 Å². The van der Waals surface area contributed by atoms with E-state index in [1.165, 1.54) is 164 Å². The van der Waals surface area contributed by atoms with Crippen molar-refractivity contribution in [2.75, 3.05) is 85.6 Å². The van der Waals surface area contributed by atoms with Gasteiger partial charge in [-0.15, -0.1) is 0 Å². The van der Waals surface area contributed by atoms with Gasteiger partial charge in [0.25, 0.3) is 0 Å². The van der Waals surface area contributed by atoms with Crippen LogP contribution in [-0.2, 0) is 71.6 Å². The number of nitrogens with zero attached hydrogens (tertiary/aromatic N) is 2. The normalized spacial score (nSPS) is 11.8. The molecule has 0 aliphatic carbocycles. The molecule has 0 unspecified atom stereocenters. The van der Waals surface area contributed by atoms with Gasteiger partial charge in [0.15, 0.2) is 5.78 Å². The summed E-state index contributed by atoms with van der Waals surface area (Å²) in [6.45, 7) is 13.3. The molecule has 0 bridgehead atoms. The Labute approximate surface area is 740 Å². The Morgan fingerprint density at radius 2 is 0.529 bits per heavy atom. The number of esters is 4. The average molecular weight is 1710 g/mol. The topological polar surface area (TPSA) is 240 Å². The van der Waals surface area contributed by atoms with Crippen LogP contribution in [0.2, 0.25) is 0 Å². The van der Waals surface area contributed by atoms with Gasteiger partial charge in [0.2, 0.25) is 23.6 Å². The molecule has 0 aliphatic rings. The van der Waals surface area contributed by atoms with Gasteiger partial charge in [-0.3, -0.25) is 43.2 Å². The van der Waals surface area contributed by atoms with E-state index in [4.69, 9.17) is 28.4 Å². The molecule has 121 heavy (non-hydrogen) atoms. The summed E-state index contributed by atoms with van der Waals surface area (Å²) in [5, 5.41) is 5.82. The molecule has 2 N–H and O–H groups in total. The summed E-state index contributed by atoms with van der Waals surface area (Å²) >= 11 is 0. The van der Waals surface area contributed by atoms with Crippen molar-refractivity contribution in [3.63, 3.8) is 0 Å². The maximum Gasteiger partial charge on any atom is 0.305 e. The number of carbonyl (C=O) groups excluding carboxylic acids is 9. The fourth-order valence-electron chi connectivity index (χ4n) is 14.6. The summed E-state index contributed by atoms with van der Waals surface area (Å²) in [5.74, 6) is -3.00. The maximum atomic E-state index is 14.0. The number of unbranched alkanes of at least 4 members (excludes halogenated alkanes) is 46. The molecule has 0 heterocycles. The van der Waals surface area contributed by atoms with Gasteiger partial charge >= 0.3 is 23.9 Å². The number of hydrogen-bond donors (Lipinski definition) is 2. The van der Waals surface area contributed by atoms with E-state index in [0.29, 0.717) is 77.8 Å². The average Bonchev–Trinajstić information content (AvgIpc) is 0.907. The molecular weight excluding hydrogens is 1520 g/mol. The lowest BCUT2D eigenvalue weighted by Gasteiger charge is -2.23. The number of carbonyl (C=O) groups is 9. The lowest BCUT2D eigenvalue weighted by atomic mass is 10.0. The predicted octanol–water partition coefficient (Wildman–Crippen LogP) is 25.1. The van der Waals surface area contributed by atoms with Crippen molar-refractivity contribution in [2.45, 2.75) is 464 Å². The van der Waals surface area contributed by atoms with Crippen LogP contribution < -0.4 is 10.6 Å². The van der Waals surface area contributed by atoms with E-state index < -0.39 is 11.9 Å². The predicted molar refractivity (Wildman–Crippen MR) is 498 cm³/mol. The molecule has 0 saturated carbocycles. The second kappa shape index (κ2) is 93.5. The Morgan fingerprint density at radius 1 is 0.256 bits per heavy atom. The van der Waals surface area contributed by atoms with Gasteiger partial charge in [-0.2, -0.15) is 0 Å². The zero-order valence-corrected chi connectivity index (χ0v) is 78.6. The highest BCUT2D eigenvalue weighted by Gasteiger charge is 2.24. The smallest absolute Gasteiger partial charge is 0.305 e. The van der Waals surface area contributed by atoms with E-state index in [9.17, 15) is 43.2 Å². The van der Waals surface area contributed by atoms with Crippen molar-refractivity contribution >= 4 is 53.3 Å². The molecule has 1 atom stereocenters. The fourth-order valence-corrected chi connectivity index (χ4v) is 14.6. The highest BCUT2D eigenvalue weighted by Crippen LogP contribution is 2.18. The molecule has 19 nitrogen and oxygen atoms in total. The molecule has 0 rings (SSSR count). The van der Waals surface area contributed by atoms with E-state index >= 15 is 0 Å². The third kappa shape index (κ3) is 84.9. The van der Waals surface area contributed by atoms with Crippen LogP contribution in [0.25, 0.3) is 0 Å². The third-order valence-electron chi connectivity index (χ3n) is 22.4. The van der Waals surface area contributed by atoms with Gasteiger partial charge in [0, 0.05) is 77.5 Å². The number of hydrogen-bond acceptors (Lipinski definition) is 15. The quantitative estimate of drug-likeness (QED) is 0.0249. The first-order valence-electron chi connectivity index (χ1n) is 50.3. The van der Waals surface area contributed by atoms with Crippen molar-refractivity contribution in [3.05, 3.63) is 48.6 Å². The number of allylic oxidation sites excluding steroid dienone is 8. The van der Waals surface area contributed by atoms with Crippen molar-refractivity contribution in [1.29, 1.82) is 0 Å². The summed E-state index contributed by atoms with van der Waals surface area (Å²) in [6.07, 6.45) is 81.8. The van der Waals surface area contributed by atoms with Crippen LogP contribution in [0.3, 0.4) is 0 Å². The molecule has 0 saturated heterocycles. The number of amides is 4. The lowest BCUT2D eigenvalue weighted by Crippen LogP contribution is -2.42. The minimum Gasteiger partial charge on any atom is -0.464 e. The monoisotopic (exact) mass is 1710 g/mol. The van der Waals surface area contributed by atoms with E-state index in [2.05, 4.69) is 86.9 Å². The highest BCUT2D eigenvalue weighted by atomic mass is 16.5. The van der Waals surface area contributed by atoms with Gasteiger partial charge in [0.1, 0.15) is 26.4 Å². The summed E-state index contributed by atoms with van der Waals surface area (Å²) in [4.78, 5) is 123. The molecule has 702 valence electrons. The number of nitrogens with one attached hydrogen (secondary N) is 2. The first-order valence-corrected chi connectivity index (χ1v) is 50.3. The van der Waals surface area contributed by atoms with Crippen LogP contribution in [-0.4, -0.2) is 155 Å². The maximum absolute atomic E-state index is 14.0. The number of ketones is 1. The van der Waals surface area contributed by atoms with Crippen LogP contribution in [0, 0.1) is 0 Å². The molecule has 0 fully saturated rings. The molecular formula is C102H184N4O15. The fraction of sp³-hybridized carbons (Fsp3) is 0.833. The Hall–Kier alpha value is -5.69. The molecule has 0 spiro atoms. The van der Waals surface area contributed by atoms with Crippen molar-refractivity contribution in [1.82, 2.24) is 20.4 Å². The van der Waals surface area contributed by atoms with Crippen LogP contribution in [0.1, 0.15) is 458 Å².